The molecule has 21 heavy (non-hydrogen) atoms. The normalized spacial score (nSPS) is 12.1. The second-order valence-corrected chi connectivity index (χ2v) is 5.94. The van der Waals surface area contributed by atoms with Gasteiger partial charge in [-0.1, -0.05) is 75.2 Å². The Morgan fingerprint density at radius 1 is 1.05 bits per heavy atom. The molecule has 3 heteroatoms. The third-order valence-corrected chi connectivity index (χ3v) is 3.70. The molecule has 0 fully saturated rings. The van der Waals surface area contributed by atoms with Crippen LogP contribution >= 0.6 is 11.6 Å². The van der Waals surface area contributed by atoms with E-state index in [1.165, 1.54) is 32.1 Å². The van der Waals surface area contributed by atoms with Gasteiger partial charge in [0.1, 0.15) is 11.5 Å². The van der Waals surface area contributed by atoms with Crippen molar-refractivity contribution in [2.75, 3.05) is 0 Å². The molecule has 0 heterocycles. The number of unbranched alkanes of at least 4 members (excludes halogenated alkanes) is 6. The van der Waals surface area contributed by atoms with Crippen molar-refractivity contribution in [2.24, 2.45) is 0 Å². The van der Waals surface area contributed by atoms with Gasteiger partial charge in [0.05, 0.1) is 6.42 Å². The summed E-state index contributed by atoms with van der Waals surface area (Å²) in [6, 6.07) is 9.38. The van der Waals surface area contributed by atoms with Gasteiger partial charge in [-0.05, 0) is 18.6 Å². The van der Waals surface area contributed by atoms with Gasteiger partial charge in [0, 0.05) is 6.42 Å². The Labute approximate surface area is 133 Å². The minimum atomic E-state index is -0.565. The highest BCUT2D eigenvalue weighted by molar-refractivity contribution is 6.21. The Morgan fingerprint density at radius 2 is 1.67 bits per heavy atom. The highest BCUT2D eigenvalue weighted by Crippen LogP contribution is 2.16. The smallest absolute Gasteiger partial charge is 0.179 e. The van der Waals surface area contributed by atoms with E-state index in [0.717, 1.165) is 12.8 Å². The van der Waals surface area contributed by atoms with Crippen molar-refractivity contribution in [3.8, 4) is 5.75 Å². The van der Waals surface area contributed by atoms with Gasteiger partial charge in [-0.15, -0.1) is 0 Å². The molecule has 0 amide bonds. The Balaban J connectivity index is 2.05. The molecule has 2 nitrogen and oxygen atoms in total. The summed E-state index contributed by atoms with van der Waals surface area (Å²) in [6.45, 7) is 2.22. The monoisotopic (exact) mass is 310 g/mol. The summed E-state index contributed by atoms with van der Waals surface area (Å²) in [7, 11) is 0. The van der Waals surface area contributed by atoms with Crippen molar-refractivity contribution in [3.63, 3.8) is 0 Å². The Bertz CT molecular complexity index is 378. The Hall–Kier alpha value is -1.02. The number of ether oxygens (including phenoxy) is 1. The molecule has 1 rings (SSSR count). The van der Waals surface area contributed by atoms with E-state index in [1.54, 1.807) is 0 Å². The van der Waals surface area contributed by atoms with Crippen LogP contribution in [0.1, 0.15) is 64.7 Å². The molecular formula is C18H27ClO2. The van der Waals surface area contributed by atoms with Gasteiger partial charge in [-0.25, -0.2) is 0 Å². The molecule has 0 N–H and O–H groups in total. The van der Waals surface area contributed by atoms with Gasteiger partial charge in [-0.2, -0.15) is 0 Å². The van der Waals surface area contributed by atoms with Gasteiger partial charge in [0.25, 0.3) is 0 Å². The van der Waals surface area contributed by atoms with E-state index in [1.807, 2.05) is 30.3 Å². The molecule has 0 aliphatic carbocycles. The second kappa shape index (κ2) is 11.6. The lowest BCUT2D eigenvalue weighted by molar-refractivity contribution is -0.120. The summed E-state index contributed by atoms with van der Waals surface area (Å²) in [5.74, 6) is 0.903. The molecule has 118 valence electrons. The zero-order valence-electron chi connectivity index (χ0n) is 13.0. The fourth-order valence-corrected chi connectivity index (χ4v) is 2.52. The minimum Gasteiger partial charge on any atom is -0.474 e. The molecule has 0 spiro atoms. The van der Waals surface area contributed by atoms with Crippen molar-refractivity contribution in [2.45, 2.75) is 70.3 Å². The number of halogens is 1. The third-order valence-electron chi connectivity index (χ3n) is 3.45. The van der Waals surface area contributed by atoms with Crippen molar-refractivity contribution < 1.29 is 9.53 Å². The van der Waals surface area contributed by atoms with E-state index in [9.17, 15) is 4.79 Å². The molecule has 0 aliphatic heterocycles. The number of alkyl halides is 1. The van der Waals surface area contributed by atoms with Gasteiger partial charge < -0.3 is 4.74 Å². The maximum absolute atomic E-state index is 11.8. The van der Waals surface area contributed by atoms with Crippen LogP contribution in [0.2, 0.25) is 0 Å². The summed E-state index contributed by atoms with van der Waals surface area (Å²) < 4.78 is 5.50. The number of benzene rings is 1. The zero-order chi connectivity index (χ0) is 15.3. The zero-order valence-corrected chi connectivity index (χ0v) is 13.8. The van der Waals surface area contributed by atoms with Crippen LogP contribution in [0.4, 0.5) is 0 Å². The summed E-state index contributed by atoms with van der Waals surface area (Å²) in [5, 5.41) is 0. The van der Waals surface area contributed by atoms with Crippen LogP contribution < -0.4 is 4.74 Å². The van der Waals surface area contributed by atoms with Crippen molar-refractivity contribution >= 4 is 17.4 Å². The van der Waals surface area contributed by atoms with Crippen molar-refractivity contribution in [3.05, 3.63) is 30.3 Å². The van der Waals surface area contributed by atoms with Crippen LogP contribution in [0.3, 0.4) is 0 Å². The predicted octanol–water partition coefficient (Wildman–Crippen LogP) is 5.73. The standard InChI is InChI=1S/C18H27ClO2/c1-2-3-4-5-6-7-9-12-16(20)15-18(19)21-17-13-10-8-11-14-17/h8,10-11,13-14,18H,2-7,9,12,15H2,1H3. The molecule has 0 saturated carbocycles. The van der Waals surface area contributed by atoms with E-state index in [2.05, 4.69) is 6.92 Å². The number of para-hydroxylation sites is 1. The maximum Gasteiger partial charge on any atom is 0.179 e. The van der Waals surface area contributed by atoms with Gasteiger partial charge in [-0.3, -0.25) is 4.79 Å². The number of carbonyl (C=O) groups is 1. The van der Waals surface area contributed by atoms with E-state index in [0.29, 0.717) is 12.2 Å². The topological polar surface area (TPSA) is 26.3 Å². The SMILES string of the molecule is CCCCCCCCCC(=O)CC(Cl)Oc1ccccc1. The minimum absolute atomic E-state index is 0.194. The lowest BCUT2D eigenvalue weighted by Gasteiger charge is -2.11. The Morgan fingerprint density at radius 3 is 2.33 bits per heavy atom. The molecule has 0 bridgehead atoms. The number of hydrogen-bond acceptors (Lipinski definition) is 2. The first-order valence-electron chi connectivity index (χ1n) is 8.10. The van der Waals surface area contributed by atoms with Crippen LogP contribution in [-0.2, 0) is 4.79 Å². The van der Waals surface area contributed by atoms with E-state index >= 15 is 0 Å². The van der Waals surface area contributed by atoms with Crippen LogP contribution in [0.15, 0.2) is 30.3 Å². The fourth-order valence-electron chi connectivity index (χ4n) is 2.25. The average molecular weight is 311 g/mol. The largest absolute Gasteiger partial charge is 0.474 e. The number of Topliss-reactive ketones (excluding diaryl/α,β-unsaturated/α-hetero) is 1. The van der Waals surface area contributed by atoms with Gasteiger partial charge in [0.2, 0.25) is 0 Å². The first kappa shape index (κ1) is 18.0. The first-order valence-corrected chi connectivity index (χ1v) is 8.53. The molecule has 0 aromatic heterocycles. The third kappa shape index (κ3) is 9.52. The maximum atomic E-state index is 11.8. The van der Waals surface area contributed by atoms with Crippen molar-refractivity contribution in [1.29, 1.82) is 0 Å². The van der Waals surface area contributed by atoms with Crippen LogP contribution in [0.5, 0.6) is 5.75 Å². The van der Waals surface area contributed by atoms with Crippen LogP contribution in [0, 0.1) is 0 Å². The van der Waals surface area contributed by atoms with E-state index < -0.39 is 5.56 Å². The molecule has 0 radical (unpaired) electrons. The lowest BCUT2D eigenvalue weighted by atomic mass is 10.1. The highest BCUT2D eigenvalue weighted by Gasteiger charge is 2.12. The summed E-state index contributed by atoms with van der Waals surface area (Å²) in [4.78, 5) is 11.8. The quantitative estimate of drug-likeness (QED) is 0.364. The Kier molecular flexibility index (Phi) is 9.98. The summed E-state index contributed by atoms with van der Waals surface area (Å²) >= 11 is 6.06. The number of ketones is 1. The van der Waals surface area contributed by atoms with E-state index in [-0.39, 0.29) is 12.2 Å². The molecule has 1 atom stereocenters. The molecule has 1 aromatic carbocycles. The first-order chi connectivity index (χ1) is 10.2. The predicted molar refractivity (Wildman–Crippen MR) is 88.9 cm³/mol. The molecule has 1 unspecified atom stereocenters. The van der Waals surface area contributed by atoms with Crippen molar-refractivity contribution in [1.82, 2.24) is 0 Å². The number of carbonyl (C=O) groups excluding carboxylic acids is 1. The molecule has 0 aliphatic rings. The summed E-state index contributed by atoms with van der Waals surface area (Å²) in [6.07, 6.45) is 9.46. The average Bonchev–Trinajstić information content (AvgIpc) is 2.47. The molecule has 1 aromatic rings. The summed E-state index contributed by atoms with van der Waals surface area (Å²) in [5.41, 5.74) is -0.565. The molecule has 0 saturated heterocycles. The lowest BCUT2D eigenvalue weighted by Crippen LogP contribution is -2.14. The van der Waals surface area contributed by atoms with E-state index in [4.69, 9.17) is 16.3 Å². The van der Waals surface area contributed by atoms with Crippen LogP contribution in [-0.4, -0.2) is 11.3 Å². The number of hydrogen-bond donors (Lipinski definition) is 0. The fraction of sp³-hybridized carbons (Fsp3) is 0.611. The van der Waals surface area contributed by atoms with Gasteiger partial charge >= 0.3 is 0 Å². The molecular weight excluding hydrogens is 284 g/mol. The van der Waals surface area contributed by atoms with Gasteiger partial charge in [0.15, 0.2) is 5.56 Å². The number of rotatable bonds is 12. The van der Waals surface area contributed by atoms with Crippen LogP contribution in [0.25, 0.3) is 0 Å². The second-order valence-electron chi connectivity index (χ2n) is 5.46. The highest BCUT2D eigenvalue weighted by atomic mass is 35.5.